The second-order valence-electron chi connectivity index (χ2n) is 4.55. The molecule has 1 aliphatic rings. The van der Waals surface area contributed by atoms with E-state index in [9.17, 15) is 0 Å². The molecule has 0 saturated carbocycles. The van der Waals surface area contributed by atoms with Gasteiger partial charge in [0.15, 0.2) is 0 Å². The quantitative estimate of drug-likeness (QED) is 0.728. The van der Waals surface area contributed by atoms with E-state index in [2.05, 4.69) is 27.7 Å². The first-order chi connectivity index (χ1) is 7.83. The summed E-state index contributed by atoms with van der Waals surface area (Å²) in [5.41, 5.74) is 1.97. The third-order valence-corrected chi connectivity index (χ3v) is 3.18. The molecule has 3 nitrogen and oxygen atoms in total. The van der Waals surface area contributed by atoms with E-state index in [1.807, 2.05) is 24.4 Å². The van der Waals surface area contributed by atoms with E-state index in [1.165, 1.54) is 12.2 Å². The largest absolute Gasteiger partial charge is 0.334 e. The molecule has 2 aromatic rings. The Morgan fingerprint density at radius 2 is 2.25 bits per heavy atom. The average Bonchev–Trinajstić information content (AvgIpc) is 2.73. The molecule has 1 atom stereocenters. The van der Waals surface area contributed by atoms with Gasteiger partial charge in [0.25, 0.3) is 0 Å². The summed E-state index contributed by atoms with van der Waals surface area (Å²) >= 11 is 0. The van der Waals surface area contributed by atoms with Crippen molar-refractivity contribution in [2.75, 3.05) is 0 Å². The maximum atomic E-state index is 4.67. The van der Waals surface area contributed by atoms with Crippen LogP contribution in [0.1, 0.15) is 19.2 Å². The Hall–Kier alpha value is -1.64. The average molecular weight is 213 g/mol. The molecule has 3 heterocycles. The van der Waals surface area contributed by atoms with Gasteiger partial charge in [0, 0.05) is 25.4 Å². The predicted octanol–water partition coefficient (Wildman–Crippen LogP) is 2.53. The zero-order valence-corrected chi connectivity index (χ0v) is 9.43. The Kier molecular flexibility index (Phi) is 2.24. The summed E-state index contributed by atoms with van der Waals surface area (Å²) in [6.07, 6.45) is 6.29. The monoisotopic (exact) mass is 213 g/mol. The van der Waals surface area contributed by atoms with Crippen LogP contribution in [-0.4, -0.2) is 14.5 Å². The highest BCUT2D eigenvalue weighted by Gasteiger charge is 2.17. The summed E-state index contributed by atoms with van der Waals surface area (Å²) in [7, 11) is 0. The van der Waals surface area contributed by atoms with Crippen LogP contribution in [0.15, 0.2) is 30.6 Å². The lowest BCUT2D eigenvalue weighted by atomic mass is 10.0. The van der Waals surface area contributed by atoms with Gasteiger partial charge in [-0.1, -0.05) is 13.0 Å². The standard InChI is InChI=1S/C13H15N3/c1-10-5-7-16-9-12(15-13(16)8-10)11-4-2-3-6-14-11/h2-4,6,9-10H,5,7-8H2,1H3. The van der Waals surface area contributed by atoms with E-state index in [1.54, 1.807) is 0 Å². The van der Waals surface area contributed by atoms with Crippen molar-refractivity contribution < 1.29 is 0 Å². The van der Waals surface area contributed by atoms with Gasteiger partial charge in [0.05, 0.1) is 5.69 Å². The van der Waals surface area contributed by atoms with Crippen molar-refractivity contribution in [3.05, 3.63) is 36.4 Å². The number of nitrogens with zero attached hydrogens (tertiary/aromatic N) is 3. The van der Waals surface area contributed by atoms with Crippen LogP contribution in [0.4, 0.5) is 0 Å². The molecule has 2 aromatic heterocycles. The number of aromatic nitrogens is 3. The molecular weight excluding hydrogens is 198 g/mol. The van der Waals surface area contributed by atoms with Crippen LogP contribution in [-0.2, 0) is 13.0 Å². The number of hydrogen-bond donors (Lipinski definition) is 0. The van der Waals surface area contributed by atoms with Crippen molar-refractivity contribution in [3.63, 3.8) is 0 Å². The molecule has 0 radical (unpaired) electrons. The Labute approximate surface area is 95.2 Å². The van der Waals surface area contributed by atoms with Crippen molar-refractivity contribution in [2.45, 2.75) is 26.3 Å². The summed E-state index contributed by atoms with van der Waals surface area (Å²) in [4.78, 5) is 9.01. The first-order valence-corrected chi connectivity index (χ1v) is 5.80. The summed E-state index contributed by atoms with van der Waals surface area (Å²) in [5, 5.41) is 0. The lowest BCUT2D eigenvalue weighted by Gasteiger charge is -2.18. The van der Waals surface area contributed by atoms with Crippen molar-refractivity contribution >= 4 is 0 Å². The third-order valence-electron chi connectivity index (χ3n) is 3.18. The molecule has 0 N–H and O–H groups in total. The summed E-state index contributed by atoms with van der Waals surface area (Å²) in [6.45, 7) is 3.38. The number of imidazole rings is 1. The molecule has 0 aromatic carbocycles. The highest BCUT2D eigenvalue weighted by molar-refractivity contribution is 5.53. The summed E-state index contributed by atoms with van der Waals surface area (Å²) < 4.78 is 2.27. The highest BCUT2D eigenvalue weighted by Crippen LogP contribution is 2.23. The highest BCUT2D eigenvalue weighted by atomic mass is 15.1. The second kappa shape index (κ2) is 3.74. The van der Waals surface area contributed by atoms with Gasteiger partial charge in [-0.25, -0.2) is 4.98 Å². The lowest BCUT2D eigenvalue weighted by molar-refractivity contribution is 0.409. The van der Waals surface area contributed by atoms with Crippen molar-refractivity contribution in [2.24, 2.45) is 5.92 Å². The van der Waals surface area contributed by atoms with Gasteiger partial charge >= 0.3 is 0 Å². The molecular formula is C13H15N3. The first-order valence-electron chi connectivity index (χ1n) is 5.80. The fraction of sp³-hybridized carbons (Fsp3) is 0.385. The molecule has 0 amide bonds. The molecule has 1 unspecified atom stereocenters. The molecule has 0 bridgehead atoms. The van der Waals surface area contributed by atoms with E-state index >= 15 is 0 Å². The SMILES string of the molecule is CC1CCn2cc(-c3ccccn3)nc2C1. The topological polar surface area (TPSA) is 30.7 Å². The summed E-state index contributed by atoms with van der Waals surface area (Å²) in [6, 6.07) is 5.95. The van der Waals surface area contributed by atoms with Gasteiger partial charge in [-0.2, -0.15) is 0 Å². The van der Waals surface area contributed by atoms with Gasteiger partial charge < -0.3 is 4.57 Å². The van der Waals surface area contributed by atoms with Crippen LogP contribution in [0.2, 0.25) is 0 Å². The molecule has 16 heavy (non-hydrogen) atoms. The minimum Gasteiger partial charge on any atom is -0.334 e. The molecule has 0 aliphatic carbocycles. The second-order valence-corrected chi connectivity index (χ2v) is 4.55. The van der Waals surface area contributed by atoms with Gasteiger partial charge in [-0.05, 0) is 24.5 Å². The van der Waals surface area contributed by atoms with Crippen molar-refractivity contribution in [1.29, 1.82) is 0 Å². The van der Waals surface area contributed by atoms with Crippen LogP contribution in [0.3, 0.4) is 0 Å². The van der Waals surface area contributed by atoms with Crippen LogP contribution in [0.5, 0.6) is 0 Å². The van der Waals surface area contributed by atoms with Crippen LogP contribution < -0.4 is 0 Å². The number of pyridine rings is 1. The lowest BCUT2D eigenvalue weighted by Crippen LogP contribution is -2.16. The van der Waals surface area contributed by atoms with Crippen molar-refractivity contribution in [1.82, 2.24) is 14.5 Å². The Morgan fingerprint density at radius 3 is 3.06 bits per heavy atom. The molecule has 3 rings (SSSR count). The maximum absolute atomic E-state index is 4.67. The van der Waals surface area contributed by atoms with Crippen LogP contribution in [0.25, 0.3) is 11.4 Å². The van der Waals surface area contributed by atoms with E-state index in [-0.39, 0.29) is 0 Å². The molecule has 3 heteroatoms. The number of hydrogen-bond acceptors (Lipinski definition) is 2. The van der Waals surface area contributed by atoms with E-state index in [4.69, 9.17) is 0 Å². The Bertz CT molecular complexity index is 487. The number of rotatable bonds is 1. The van der Waals surface area contributed by atoms with E-state index in [0.717, 1.165) is 30.3 Å². The Morgan fingerprint density at radius 1 is 1.31 bits per heavy atom. The zero-order chi connectivity index (χ0) is 11.0. The molecule has 0 spiro atoms. The minimum atomic E-state index is 0.756. The smallest absolute Gasteiger partial charge is 0.109 e. The summed E-state index contributed by atoms with van der Waals surface area (Å²) in [5.74, 6) is 1.96. The number of aryl methyl sites for hydroxylation is 1. The molecule has 82 valence electrons. The first kappa shape index (κ1) is 9.58. The van der Waals surface area contributed by atoms with Crippen molar-refractivity contribution in [3.8, 4) is 11.4 Å². The molecule has 0 fully saturated rings. The van der Waals surface area contributed by atoms with Gasteiger partial charge in [-0.3, -0.25) is 4.98 Å². The normalized spacial score (nSPS) is 19.4. The number of fused-ring (bicyclic) bond motifs is 1. The predicted molar refractivity (Wildman–Crippen MR) is 62.9 cm³/mol. The zero-order valence-electron chi connectivity index (χ0n) is 9.43. The van der Waals surface area contributed by atoms with E-state index in [0.29, 0.717) is 0 Å². The fourth-order valence-corrected chi connectivity index (χ4v) is 2.22. The third kappa shape index (κ3) is 1.62. The van der Waals surface area contributed by atoms with Crippen LogP contribution >= 0.6 is 0 Å². The van der Waals surface area contributed by atoms with Gasteiger partial charge in [0.2, 0.25) is 0 Å². The van der Waals surface area contributed by atoms with E-state index < -0.39 is 0 Å². The maximum Gasteiger partial charge on any atom is 0.109 e. The minimum absolute atomic E-state index is 0.756. The van der Waals surface area contributed by atoms with Gasteiger partial charge in [0.1, 0.15) is 11.5 Å². The van der Waals surface area contributed by atoms with Gasteiger partial charge in [-0.15, -0.1) is 0 Å². The fourth-order valence-electron chi connectivity index (χ4n) is 2.22. The molecule has 1 aliphatic heterocycles. The molecule has 0 saturated heterocycles. The van der Waals surface area contributed by atoms with Crippen LogP contribution in [0, 0.1) is 5.92 Å². The Balaban J connectivity index is 1.99.